The minimum Gasteiger partial charge on any atom is -0.508 e. The van der Waals surface area contributed by atoms with E-state index in [1.807, 2.05) is 0 Å². The van der Waals surface area contributed by atoms with E-state index in [9.17, 15) is 9.90 Å². The molecule has 0 saturated carbocycles. The number of phenols is 1. The predicted octanol–water partition coefficient (Wildman–Crippen LogP) is 3.01. The smallest absolute Gasteiger partial charge is 0.223 e. The standard InChI is InChI=1S/C13H16Cl2N2O2S/c14-9-2-3-10(18)12(13(9)15)8-6-11(19)17(7-8)4-1-5-20-16/h2-3,8,18H,1,4-7,16H2. The van der Waals surface area contributed by atoms with Crippen molar-refractivity contribution in [2.24, 2.45) is 5.14 Å². The van der Waals surface area contributed by atoms with E-state index in [1.54, 1.807) is 11.0 Å². The van der Waals surface area contributed by atoms with Crippen LogP contribution in [0.1, 0.15) is 24.3 Å². The fraction of sp³-hybridized carbons (Fsp3) is 0.462. The number of nitrogens with two attached hydrogens (primary N) is 1. The minimum absolute atomic E-state index is 0.0764. The normalized spacial score (nSPS) is 18.9. The van der Waals surface area contributed by atoms with Crippen LogP contribution in [-0.4, -0.2) is 34.8 Å². The molecular weight excluding hydrogens is 319 g/mol. The Morgan fingerprint density at radius 2 is 2.20 bits per heavy atom. The van der Waals surface area contributed by atoms with Crippen LogP contribution in [0.3, 0.4) is 0 Å². The van der Waals surface area contributed by atoms with E-state index >= 15 is 0 Å². The number of aromatic hydroxyl groups is 1. The molecule has 0 bridgehead atoms. The molecule has 1 unspecified atom stereocenters. The van der Waals surface area contributed by atoms with Gasteiger partial charge in [0.2, 0.25) is 5.91 Å². The first-order valence-corrected chi connectivity index (χ1v) is 8.11. The minimum atomic E-state index is -0.112. The van der Waals surface area contributed by atoms with E-state index in [1.165, 1.54) is 18.0 Å². The Kier molecular flexibility index (Phi) is 5.43. The molecule has 1 aliphatic rings. The molecule has 20 heavy (non-hydrogen) atoms. The summed E-state index contributed by atoms with van der Waals surface area (Å²) < 4.78 is 0. The van der Waals surface area contributed by atoms with Gasteiger partial charge in [0.1, 0.15) is 5.75 Å². The van der Waals surface area contributed by atoms with Crippen LogP contribution in [0.15, 0.2) is 12.1 Å². The van der Waals surface area contributed by atoms with Gasteiger partial charge < -0.3 is 10.0 Å². The van der Waals surface area contributed by atoms with Crippen molar-refractivity contribution < 1.29 is 9.90 Å². The molecular formula is C13H16Cl2N2O2S. The zero-order chi connectivity index (χ0) is 14.7. The molecule has 1 heterocycles. The molecule has 1 amide bonds. The lowest BCUT2D eigenvalue weighted by Gasteiger charge is -2.17. The number of hydrogen-bond donors (Lipinski definition) is 2. The lowest BCUT2D eigenvalue weighted by molar-refractivity contribution is -0.127. The highest BCUT2D eigenvalue weighted by Gasteiger charge is 2.33. The summed E-state index contributed by atoms with van der Waals surface area (Å²) in [6.45, 7) is 1.24. The fourth-order valence-corrected chi connectivity index (χ4v) is 3.24. The van der Waals surface area contributed by atoms with Crippen molar-refractivity contribution in [3.8, 4) is 5.75 Å². The molecule has 2 rings (SSSR count). The van der Waals surface area contributed by atoms with Gasteiger partial charge in [-0.3, -0.25) is 9.93 Å². The average Bonchev–Trinajstić information content (AvgIpc) is 2.76. The Balaban J connectivity index is 2.12. The number of carbonyl (C=O) groups is 1. The third-order valence-electron chi connectivity index (χ3n) is 3.42. The number of nitrogens with zero attached hydrogens (tertiary/aromatic N) is 1. The highest BCUT2D eigenvalue weighted by atomic mass is 35.5. The van der Waals surface area contributed by atoms with E-state index in [0.29, 0.717) is 35.1 Å². The molecule has 1 atom stereocenters. The monoisotopic (exact) mass is 334 g/mol. The van der Waals surface area contributed by atoms with Gasteiger partial charge in [-0.25, -0.2) is 0 Å². The number of likely N-dealkylation sites (tertiary alicyclic amines) is 1. The second-order valence-corrected chi connectivity index (χ2v) is 6.29. The lowest BCUT2D eigenvalue weighted by Crippen LogP contribution is -2.26. The molecule has 1 saturated heterocycles. The predicted molar refractivity (Wildman–Crippen MR) is 83.3 cm³/mol. The van der Waals surface area contributed by atoms with Gasteiger partial charge in [0.15, 0.2) is 0 Å². The van der Waals surface area contributed by atoms with Gasteiger partial charge in [0.25, 0.3) is 0 Å². The Hall–Kier alpha value is -0.620. The summed E-state index contributed by atoms with van der Waals surface area (Å²) in [6, 6.07) is 3.07. The van der Waals surface area contributed by atoms with E-state index in [2.05, 4.69) is 0 Å². The van der Waals surface area contributed by atoms with Crippen LogP contribution in [0.5, 0.6) is 5.75 Å². The van der Waals surface area contributed by atoms with Crippen molar-refractivity contribution >= 4 is 41.1 Å². The number of rotatable bonds is 5. The van der Waals surface area contributed by atoms with Crippen molar-refractivity contribution in [3.63, 3.8) is 0 Å². The summed E-state index contributed by atoms with van der Waals surface area (Å²) in [5, 5.41) is 16.1. The second-order valence-electron chi connectivity index (χ2n) is 4.76. The molecule has 1 aromatic carbocycles. The number of halogens is 2. The summed E-state index contributed by atoms with van der Waals surface area (Å²) in [5.41, 5.74) is 0.572. The SMILES string of the molecule is NSCCCN1CC(c2c(O)ccc(Cl)c2Cl)CC1=O. The maximum Gasteiger partial charge on any atom is 0.223 e. The van der Waals surface area contributed by atoms with E-state index in [4.69, 9.17) is 28.3 Å². The van der Waals surface area contributed by atoms with Crippen LogP contribution in [-0.2, 0) is 4.79 Å². The highest BCUT2D eigenvalue weighted by Crippen LogP contribution is 2.41. The van der Waals surface area contributed by atoms with Crippen molar-refractivity contribution in [2.45, 2.75) is 18.8 Å². The number of phenolic OH excluding ortho intramolecular Hbond substituents is 1. The van der Waals surface area contributed by atoms with Crippen molar-refractivity contribution in [1.82, 2.24) is 4.90 Å². The quantitative estimate of drug-likeness (QED) is 0.641. The molecule has 4 nitrogen and oxygen atoms in total. The maximum atomic E-state index is 12.0. The molecule has 0 aromatic heterocycles. The van der Waals surface area contributed by atoms with E-state index in [0.717, 1.165) is 12.2 Å². The summed E-state index contributed by atoms with van der Waals surface area (Å²) >= 11 is 13.4. The molecule has 110 valence electrons. The van der Waals surface area contributed by atoms with Crippen LogP contribution in [0, 0.1) is 0 Å². The zero-order valence-corrected chi connectivity index (χ0v) is 13.1. The molecule has 1 aliphatic heterocycles. The number of amides is 1. The van der Waals surface area contributed by atoms with E-state index < -0.39 is 0 Å². The van der Waals surface area contributed by atoms with Gasteiger partial charge in [-0.15, -0.1) is 0 Å². The van der Waals surface area contributed by atoms with Crippen LogP contribution in [0.2, 0.25) is 10.0 Å². The Morgan fingerprint density at radius 1 is 1.45 bits per heavy atom. The summed E-state index contributed by atoms with van der Waals surface area (Å²) in [5.74, 6) is 0.876. The van der Waals surface area contributed by atoms with Gasteiger partial charge in [0.05, 0.1) is 10.0 Å². The summed E-state index contributed by atoms with van der Waals surface area (Å²) in [6.07, 6.45) is 1.21. The second kappa shape index (κ2) is 6.89. The number of benzene rings is 1. The molecule has 3 N–H and O–H groups in total. The van der Waals surface area contributed by atoms with Gasteiger partial charge in [0, 0.05) is 36.7 Å². The van der Waals surface area contributed by atoms with Crippen LogP contribution < -0.4 is 5.14 Å². The Morgan fingerprint density at radius 3 is 2.90 bits per heavy atom. The maximum absolute atomic E-state index is 12.0. The molecule has 0 radical (unpaired) electrons. The van der Waals surface area contributed by atoms with Crippen molar-refractivity contribution in [2.75, 3.05) is 18.8 Å². The van der Waals surface area contributed by atoms with Gasteiger partial charge in [-0.1, -0.05) is 35.1 Å². The first-order chi connectivity index (χ1) is 9.54. The molecule has 1 aromatic rings. The molecule has 1 fully saturated rings. The topological polar surface area (TPSA) is 66.6 Å². The van der Waals surface area contributed by atoms with Crippen LogP contribution >= 0.6 is 35.1 Å². The molecule has 0 spiro atoms. The first kappa shape index (κ1) is 15.8. The number of hydrogen-bond acceptors (Lipinski definition) is 4. The Bertz CT molecular complexity index is 513. The third-order valence-corrected chi connectivity index (χ3v) is 4.77. The number of carbonyl (C=O) groups excluding carboxylic acids is 1. The fourth-order valence-electron chi connectivity index (χ4n) is 2.46. The Labute approximate surface area is 132 Å². The van der Waals surface area contributed by atoms with Crippen LogP contribution in [0.25, 0.3) is 0 Å². The first-order valence-electron chi connectivity index (χ1n) is 6.31. The average molecular weight is 335 g/mol. The lowest BCUT2D eigenvalue weighted by atomic mass is 9.97. The van der Waals surface area contributed by atoms with Gasteiger partial charge >= 0.3 is 0 Å². The third kappa shape index (κ3) is 3.34. The molecule has 0 aliphatic carbocycles. The zero-order valence-electron chi connectivity index (χ0n) is 10.8. The summed E-state index contributed by atoms with van der Waals surface area (Å²) in [4.78, 5) is 13.8. The van der Waals surface area contributed by atoms with Crippen molar-refractivity contribution in [3.05, 3.63) is 27.7 Å². The summed E-state index contributed by atoms with van der Waals surface area (Å²) in [7, 11) is 0. The largest absolute Gasteiger partial charge is 0.508 e. The van der Waals surface area contributed by atoms with Crippen molar-refractivity contribution in [1.29, 1.82) is 0 Å². The van der Waals surface area contributed by atoms with E-state index in [-0.39, 0.29) is 17.6 Å². The van der Waals surface area contributed by atoms with Crippen LogP contribution in [0.4, 0.5) is 0 Å². The van der Waals surface area contributed by atoms with Gasteiger partial charge in [-0.05, 0) is 18.6 Å². The van der Waals surface area contributed by atoms with Gasteiger partial charge in [-0.2, -0.15) is 0 Å². The molecule has 7 heteroatoms. The highest BCUT2D eigenvalue weighted by molar-refractivity contribution is 7.97.